The van der Waals surface area contributed by atoms with Crippen molar-refractivity contribution < 1.29 is 14.5 Å². The van der Waals surface area contributed by atoms with Gasteiger partial charge in [-0.1, -0.05) is 80.6 Å². The van der Waals surface area contributed by atoms with Gasteiger partial charge in [0.15, 0.2) is 0 Å². The van der Waals surface area contributed by atoms with E-state index in [9.17, 15) is 19.7 Å². The number of nitrogens with zero attached hydrogens (tertiary/aromatic N) is 2. The topological polar surface area (TPSA) is 92.6 Å². The van der Waals surface area contributed by atoms with Crippen LogP contribution in [0.15, 0.2) is 78.9 Å². The molecule has 0 aromatic heterocycles. The average Bonchev–Trinajstić information content (AvgIpc) is 2.91. The summed E-state index contributed by atoms with van der Waals surface area (Å²) in [6, 6.07) is 23.3. The largest absolute Gasteiger partial charge is 0.354 e. The third kappa shape index (κ3) is 8.73. The number of non-ortho nitro benzene ring substituents is 1. The molecule has 0 heterocycles. The Labute approximate surface area is 228 Å². The van der Waals surface area contributed by atoms with Gasteiger partial charge in [-0.05, 0) is 35.1 Å². The minimum absolute atomic E-state index is 0.0374. The summed E-state index contributed by atoms with van der Waals surface area (Å²) >= 11 is 1.43. The highest BCUT2D eigenvalue weighted by molar-refractivity contribution is 7.99. The van der Waals surface area contributed by atoms with Crippen molar-refractivity contribution in [3.8, 4) is 0 Å². The lowest BCUT2D eigenvalue weighted by Crippen LogP contribution is -2.51. The molecule has 3 aromatic carbocycles. The predicted octanol–water partition coefficient (Wildman–Crippen LogP) is 5.55. The van der Waals surface area contributed by atoms with Crippen LogP contribution in [0.2, 0.25) is 0 Å². The highest BCUT2D eigenvalue weighted by atomic mass is 32.2. The number of nitro groups is 1. The van der Waals surface area contributed by atoms with Crippen molar-refractivity contribution >= 4 is 29.3 Å². The van der Waals surface area contributed by atoms with Gasteiger partial charge < -0.3 is 10.2 Å². The van der Waals surface area contributed by atoms with Crippen LogP contribution in [0.1, 0.15) is 36.1 Å². The number of benzene rings is 3. The van der Waals surface area contributed by atoms with Crippen molar-refractivity contribution in [1.29, 1.82) is 0 Å². The number of amides is 2. The van der Waals surface area contributed by atoms with Crippen LogP contribution in [-0.2, 0) is 28.3 Å². The molecule has 0 saturated carbocycles. The molecule has 2 amide bonds. The molecule has 1 N–H and O–H groups in total. The third-order valence-electron chi connectivity index (χ3n) is 6.20. The van der Waals surface area contributed by atoms with Gasteiger partial charge in [0.2, 0.25) is 11.8 Å². The van der Waals surface area contributed by atoms with Crippen molar-refractivity contribution in [2.24, 2.45) is 5.92 Å². The normalized spacial score (nSPS) is 11.7. The SMILES string of the molecule is Cc1ccccc1CN(C(=O)CSCc1ccc([N+](=O)[O-])cc1)[C@H](Cc1ccccc1)C(=O)NCC(C)C. The molecular formula is C30H35N3O4S. The Kier molecular flexibility index (Phi) is 10.9. The lowest BCUT2D eigenvalue weighted by molar-refractivity contribution is -0.384. The summed E-state index contributed by atoms with van der Waals surface area (Å²) in [5.41, 5.74) is 3.98. The molecule has 0 saturated heterocycles. The van der Waals surface area contributed by atoms with Gasteiger partial charge in [-0.15, -0.1) is 11.8 Å². The predicted molar refractivity (Wildman–Crippen MR) is 153 cm³/mol. The van der Waals surface area contributed by atoms with E-state index < -0.39 is 11.0 Å². The number of nitrogens with one attached hydrogen (secondary N) is 1. The Bertz CT molecular complexity index is 1220. The summed E-state index contributed by atoms with van der Waals surface area (Å²) in [6.07, 6.45) is 0.412. The van der Waals surface area contributed by atoms with Gasteiger partial charge in [0.1, 0.15) is 6.04 Å². The van der Waals surface area contributed by atoms with E-state index in [1.165, 1.54) is 23.9 Å². The number of nitro benzene ring substituents is 1. The molecular weight excluding hydrogens is 498 g/mol. The second-order valence-electron chi connectivity index (χ2n) is 9.71. The van der Waals surface area contributed by atoms with Crippen molar-refractivity contribution in [2.75, 3.05) is 12.3 Å². The number of hydrogen-bond acceptors (Lipinski definition) is 5. The minimum atomic E-state index is -0.664. The second-order valence-corrected chi connectivity index (χ2v) is 10.7. The quantitative estimate of drug-likeness (QED) is 0.230. The Morgan fingerprint density at radius 2 is 1.61 bits per heavy atom. The zero-order valence-corrected chi connectivity index (χ0v) is 22.9. The molecule has 8 heteroatoms. The summed E-state index contributed by atoms with van der Waals surface area (Å²) < 4.78 is 0. The van der Waals surface area contributed by atoms with E-state index in [2.05, 4.69) is 5.32 Å². The van der Waals surface area contributed by atoms with Crippen molar-refractivity contribution in [1.82, 2.24) is 10.2 Å². The molecule has 0 aliphatic rings. The van der Waals surface area contributed by atoms with Gasteiger partial charge in [0.25, 0.3) is 5.69 Å². The van der Waals surface area contributed by atoms with Crippen molar-refractivity contribution in [2.45, 2.75) is 45.5 Å². The molecule has 0 radical (unpaired) electrons. The number of carbonyl (C=O) groups is 2. The zero-order chi connectivity index (χ0) is 27.5. The zero-order valence-electron chi connectivity index (χ0n) is 22.1. The van der Waals surface area contributed by atoms with Gasteiger partial charge in [0.05, 0.1) is 10.7 Å². The van der Waals surface area contributed by atoms with Crippen LogP contribution in [-0.4, -0.2) is 40.0 Å². The summed E-state index contributed by atoms with van der Waals surface area (Å²) in [5, 5.41) is 14.0. The fraction of sp³-hybridized carbons (Fsp3) is 0.333. The van der Waals surface area contributed by atoms with Crippen LogP contribution in [0.25, 0.3) is 0 Å². The monoisotopic (exact) mass is 533 g/mol. The van der Waals surface area contributed by atoms with Crippen LogP contribution in [0.4, 0.5) is 5.69 Å². The molecule has 38 heavy (non-hydrogen) atoms. The van der Waals surface area contributed by atoms with E-state index in [1.54, 1.807) is 17.0 Å². The fourth-order valence-electron chi connectivity index (χ4n) is 4.00. The maximum Gasteiger partial charge on any atom is 0.269 e. The Hall–Kier alpha value is -3.65. The lowest BCUT2D eigenvalue weighted by atomic mass is 10.0. The molecule has 0 fully saturated rings. The van der Waals surface area contributed by atoms with E-state index in [4.69, 9.17) is 0 Å². The van der Waals surface area contributed by atoms with Crippen LogP contribution in [0.5, 0.6) is 0 Å². The van der Waals surface area contributed by atoms with Crippen molar-refractivity contribution in [3.63, 3.8) is 0 Å². The molecule has 0 aliphatic carbocycles. The van der Waals surface area contributed by atoms with E-state index in [0.717, 1.165) is 22.3 Å². The number of aryl methyl sites for hydroxylation is 1. The summed E-state index contributed by atoms with van der Waals surface area (Å²) in [6.45, 7) is 6.95. The first-order chi connectivity index (χ1) is 18.2. The minimum Gasteiger partial charge on any atom is -0.354 e. The van der Waals surface area contributed by atoms with Crippen LogP contribution >= 0.6 is 11.8 Å². The molecule has 0 bridgehead atoms. The van der Waals surface area contributed by atoms with Crippen LogP contribution in [0, 0.1) is 23.0 Å². The summed E-state index contributed by atoms with van der Waals surface area (Å²) in [7, 11) is 0. The first-order valence-corrected chi connectivity index (χ1v) is 13.9. The van der Waals surface area contributed by atoms with Crippen LogP contribution < -0.4 is 5.32 Å². The second kappa shape index (κ2) is 14.3. The molecule has 1 atom stereocenters. The first-order valence-electron chi connectivity index (χ1n) is 12.7. The number of thioether (sulfide) groups is 1. The maximum atomic E-state index is 13.7. The molecule has 3 rings (SSSR count). The van der Waals surface area contributed by atoms with Gasteiger partial charge >= 0.3 is 0 Å². The maximum absolute atomic E-state index is 13.7. The summed E-state index contributed by atoms with van der Waals surface area (Å²) in [5.74, 6) is 0.718. The number of hydrogen-bond donors (Lipinski definition) is 1. The third-order valence-corrected chi connectivity index (χ3v) is 7.19. The van der Waals surface area contributed by atoms with Gasteiger partial charge in [-0.2, -0.15) is 0 Å². The Morgan fingerprint density at radius 1 is 0.947 bits per heavy atom. The first kappa shape index (κ1) is 28.9. The van der Waals surface area contributed by atoms with Crippen LogP contribution in [0.3, 0.4) is 0 Å². The Balaban J connectivity index is 1.82. The Morgan fingerprint density at radius 3 is 2.24 bits per heavy atom. The lowest BCUT2D eigenvalue weighted by Gasteiger charge is -2.32. The fourth-order valence-corrected chi connectivity index (χ4v) is 4.87. The smallest absolute Gasteiger partial charge is 0.269 e. The highest BCUT2D eigenvalue weighted by Gasteiger charge is 2.30. The average molecular weight is 534 g/mol. The molecule has 0 aliphatic heterocycles. The van der Waals surface area contributed by atoms with E-state index in [-0.39, 0.29) is 29.2 Å². The summed E-state index contributed by atoms with van der Waals surface area (Å²) in [4.78, 5) is 39.4. The van der Waals surface area contributed by atoms with Crippen molar-refractivity contribution in [3.05, 3.63) is 111 Å². The molecule has 0 unspecified atom stereocenters. The number of carbonyl (C=O) groups excluding carboxylic acids is 2. The number of rotatable bonds is 13. The molecule has 0 spiro atoms. The van der Waals surface area contributed by atoms with Gasteiger partial charge in [0, 0.05) is 37.4 Å². The van der Waals surface area contributed by atoms with E-state index in [0.29, 0.717) is 25.3 Å². The molecule has 3 aromatic rings. The molecule has 200 valence electrons. The van der Waals surface area contributed by atoms with Gasteiger partial charge in [-0.25, -0.2) is 0 Å². The van der Waals surface area contributed by atoms with Gasteiger partial charge in [-0.3, -0.25) is 19.7 Å². The van der Waals surface area contributed by atoms with E-state index in [1.807, 2.05) is 75.4 Å². The van der Waals surface area contributed by atoms with E-state index >= 15 is 0 Å². The standard InChI is InChI=1S/C30H35N3O4S/c1-22(2)18-31-30(35)28(17-24-10-5-4-6-11-24)32(19-26-12-8-7-9-23(26)3)29(34)21-38-20-25-13-15-27(16-14-25)33(36)37/h4-16,22,28H,17-21H2,1-3H3,(H,31,35)/t28-/m1/s1. The molecule has 7 nitrogen and oxygen atoms in total. The highest BCUT2D eigenvalue weighted by Crippen LogP contribution is 2.21.